The fourth-order valence-electron chi connectivity index (χ4n) is 4.04. The van der Waals surface area contributed by atoms with Gasteiger partial charge in [0.05, 0.1) is 10.3 Å². The van der Waals surface area contributed by atoms with E-state index in [1.807, 2.05) is 6.92 Å². The van der Waals surface area contributed by atoms with Crippen molar-refractivity contribution in [2.45, 2.75) is 50.5 Å². The van der Waals surface area contributed by atoms with E-state index in [0.717, 1.165) is 32.1 Å². The first-order valence-corrected chi connectivity index (χ1v) is 12.8. The third kappa shape index (κ3) is 4.84. The molecule has 0 aliphatic carbocycles. The van der Waals surface area contributed by atoms with Crippen molar-refractivity contribution in [3.05, 3.63) is 64.6 Å². The zero-order valence-corrected chi connectivity index (χ0v) is 19.5. The number of hydrogen-bond donors (Lipinski definition) is 1. The van der Waals surface area contributed by atoms with Crippen LogP contribution in [0.1, 0.15) is 49.5 Å². The lowest BCUT2D eigenvalue weighted by molar-refractivity contribution is 0.102. The maximum atomic E-state index is 13.2. The Labute approximate surface area is 193 Å². The summed E-state index contributed by atoms with van der Waals surface area (Å²) in [7, 11) is -3.62. The van der Waals surface area contributed by atoms with Crippen LogP contribution in [-0.2, 0) is 16.6 Å². The minimum absolute atomic E-state index is 0.130. The van der Waals surface area contributed by atoms with E-state index in [0.29, 0.717) is 36.1 Å². The quantitative estimate of drug-likeness (QED) is 0.571. The summed E-state index contributed by atoms with van der Waals surface area (Å²) in [6.07, 6.45) is 4.39. The lowest BCUT2D eigenvalue weighted by Crippen LogP contribution is -2.35. The number of nitrogens with one attached hydrogen (secondary N) is 1. The predicted octanol–water partition coefficient (Wildman–Crippen LogP) is 3.62. The molecule has 1 fully saturated rings. The summed E-state index contributed by atoms with van der Waals surface area (Å²) >= 11 is 0. The van der Waals surface area contributed by atoms with Crippen LogP contribution >= 0.6 is 0 Å². The molecule has 1 aliphatic heterocycles. The van der Waals surface area contributed by atoms with Gasteiger partial charge < -0.3 is 5.32 Å². The van der Waals surface area contributed by atoms with Crippen LogP contribution in [0.4, 0.5) is 5.69 Å². The summed E-state index contributed by atoms with van der Waals surface area (Å²) in [5, 5.41) is 8.00. The second kappa shape index (κ2) is 9.84. The molecule has 174 valence electrons. The number of nitrogens with zero attached hydrogens (tertiary/aromatic N) is 3. The highest BCUT2D eigenvalue weighted by atomic mass is 32.2. The van der Waals surface area contributed by atoms with Crippen LogP contribution in [0.15, 0.2) is 58.2 Å². The van der Waals surface area contributed by atoms with Gasteiger partial charge in [0.15, 0.2) is 5.69 Å². The number of hydrogen-bond acceptors (Lipinski definition) is 5. The number of amides is 1. The number of rotatable bonds is 7. The molecule has 0 radical (unpaired) electrons. The molecule has 0 spiro atoms. The number of carbonyl (C=O) groups is 1. The topological polar surface area (TPSA) is 101 Å². The SMILES string of the molecule is CCCCn1nc(C(=O)Nc2cccc(S(=O)(=O)N3CCCCC3)c2)c2ccccc2c1=O. The first kappa shape index (κ1) is 23.1. The Kier molecular flexibility index (Phi) is 6.90. The number of fused-ring (bicyclic) bond motifs is 1. The molecule has 3 aromatic rings. The summed E-state index contributed by atoms with van der Waals surface area (Å²) in [4.78, 5) is 26.1. The standard InChI is InChI=1S/C24H28N4O4S/c1-2-3-16-28-24(30)21-13-6-5-12-20(21)22(26-28)23(29)25-18-10-9-11-19(17-18)33(31,32)27-14-7-4-8-15-27/h5-6,9-13,17H,2-4,7-8,14-16H2,1H3,(H,25,29). The van der Waals surface area contributed by atoms with Crippen LogP contribution in [0.5, 0.6) is 0 Å². The van der Waals surface area contributed by atoms with E-state index in [4.69, 9.17) is 0 Å². The molecular formula is C24H28N4O4S. The zero-order valence-electron chi connectivity index (χ0n) is 18.7. The molecule has 0 atom stereocenters. The monoisotopic (exact) mass is 468 g/mol. The molecule has 0 saturated carbocycles. The maximum Gasteiger partial charge on any atom is 0.276 e. The zero-order chi connectivity index (χ0) is 23.4. The Hall–Kier alpha value is -3.04. The van der Waals surface area contributed by atoms with Crippen molar-refractivity contribution >= 4 is 32.4 Å². The number of sulfonamides is 1. The van der Waals surface area contributed by atoms with E-state index in [1.54, 1.807) is 36.4 Å². The Morgan fingerprint density at radius 2 is 1.76 bits per heavy atom. The Balaban J connectivity index is 1.66. The van der Waals surface area contributed by atoms with Crippen molar-refractivity contribution in [3.63, 3.8) is 0 Å². The molecule has 0 unspecified atom stereocenters. The number of aromatic nitrogens is 2. The molecule has 1 aromatic heterocycles. The van der Waals surface area contributed by atoms with E-state index in [-0.39, 0.29) is 16.1 Å². The van der Waals surface area contributed by atoms with Crippen LogP contribution in [0.3, 0.4) is 0 Å². The highest BCUT2D eigenvalue weighted by Crippen LogP contribution is 2.23. The summed E-state index contributed by atoms with van der Waals surface area (Å²) in [5.74, 6) is -0.496. The average molecular weight is 469 g/mol. The van der Waals surface area contributed by atoms with Crippen molar-refractivity contribution in [1.82, 2.24) is 14.1 Å². The fourth-order valence-corrected chi connectivity index (χ4v) is 5.60. The molecule has 4 rings (SSSR count). The van der Waals surface area contributed by atoms with Gasteiger partial charge in [0.25, 0.3) is 11.5 Å². The van der Waals surface area contributed by atoms with E-state index in [2.05, 4.69) is 10.4 Å². The molecule has 33 heavy (non-hydrogen) atoms. The minimum Gasteiger partial charge on any atom is -0.321 e. The second-order valence-electron chi connectivity index (χ2n) is 8.22. The molecule has 2 heterocycles. The summed E-state index contributed by atoms with van der Waals surface area (Å²) < 4.78 is 28.9. The van der Waals surface area contributed by atoms with Crippen molar-refractivity contribution < 1.29 is 13.2 Å². The van der Waals surface area contributed by atoms with Crippen molar-refractivity contribution in [3.8, 4) is 0 Å². The number of piperidine rings is 1. The number of carbonyl (C=O) groups excluding carboxylic acids is 1. The molecule has 1 saturated heterocycles. The van der Waals surface area contributed by atoms with Gasteiger partial charge in [-0.15, -0.1) is 0 Å². The lowest BCUT2D eigenvalue weighted by atomic mass is 10.1. The van der Waals surface area contributed by atoms with Crippen molar-refractivity contribution in [2.24, 2.45) is 0 Å². The van der Waals surface area contributed by atoms with Crippen molar-refractivity contribution in [2.75, 3.05) is 18.4 Å². The number of anilines is 1. The third-order valence-electron chi connectivity index (χ3n) is 5.85. The van der Waals surface area contributed by atoms with Gasteiger partial charge in [0.2, 0.25) is 10.0 Å². The van der Waals surface area contributed by atoms with Crippen LogP contribution in [0, 0.1) is 0 Å². The van der Waals surface area contributed by atoms with Crippen LogP contribution < -0.4 is 10.9 Å². The Morgan fingerprint density at radius 3 is 2.48 bits per heavy atom. The predicted molar refractivity (Wildman–Crippen MR) is 128 cm³/mol. The van der Waals surface area contributed by atoms with Crippen LogP contribution in [0.2, 0.25) is 0 Å². The van der Waals surface area contributed by atoms with Gasteiger partial charge in [-0.3, -0.25) is 9.59 Å². The first-order chi connectivity index (χ1) is 15.9. The van der Waals surface area contributed by atoms with Gasteiger partial charge in [-0.2, -0.15) is 9.40 Å². The number of benzene rings is 2. The second-order valence-corrected chi connectivity index (χ2v) is 10.2. The summed E-state index contributed by atoms with van der Waals surface area (Å²) in [6.45, 7) is 3.46. The van der Waals surface area contributed by atoms with Gasteiger partial charge in [0, 0.05) is 30.7 Å². The van der Waals surface area contributed by atoms with Gasteiger partial charge in [-0.1, -0.05) is 44.0 Å². The minimum atomic E-state index is -3.62. The van der Waals surface area contributed by atoms with Gasteiger partial charge in [-0.05, 0) is 43.5 Å². The Morgan fingerprint density at radius 1 is 1.03 bits per heavy atom. The van der Waals surface area contributed by atoms with E-state index < -0.39 is 15.9 Å². The van der Waals surface area contributed by atoms with Gasteiger partial charge in [-0.25, -0.2) is 13.1 Å². The molecule has 1 N–H and O–H groups in total. The van der Waals surface area contributed by atoms with E-state index in [9.17, 15) is 18.0 Å². The lowest BCUT2D eigenvalue weighted by Gasteiger charge is -2.26. The third-order valence-corrected chi connectivity index (χ3v) is 7.75. The molecular weight excluding hydrogens is 440 g/mol. The first-order valence-electron chi connectivity index (χ1n) is 11.3. The van der Waals surface area contributed by atoms with E-state index in [1.165, 1.54) is 21.1 Å². The van der Waals surface area contributed by atoms with Crippen molar-refractivity contribution in [1.29, 1.82) is 0 Å². The molecule has 1 amide bonds. The average Bonchev–Trinajstić information content (AvgIpc) is 2.84. The highest BCUT2D eigenvalue weighted by Gasteiger charge is 2.26. The van der Waals surface area contributed by atoms with Crippen LogP contribution in [-0.4, -0.2) is 41.5 Å². The largest absolute Gasteiger partial charge is 0.321 e. The highest BCUT2D eigenvalue weighted by molar-refractivity contribution is 7.89. The van der Waals surface area contributed by atoms with Gasteiger partial charge >= 0.3 is 0 Å². The molecule has 9 heteroatoms. The fraction of sp³-hybridized carbons (Fsp3) is 0.375. The molecule has 0 bridgehead atoms. The van der Waals surface area contributed by atoms with Gasteiger partial charge in [0.1, 0.15) is 0 Å². The van der Waals surface area contributed by atoms with Crippen LogP contribution in [0.25, 0.3) is 10.8 Å². The smallest absolute Gasteiger partial charge is 0.276 e. The summed E-state index contributed by atoms with van der Waals surface area (Å²) in [6, 6.07) is 13.1. The maximum absolute atomic E-state index is 13.2. The normalized spacial score (nSPS) is 14.9. The molecule has 1 aliphatic rings. The molecule has 8 nitrogen and oxygen atoms in total. The van der Waals surface area contributed by atoms with E-state index >= 15 is 0 Å². The number of unbranched alkanes of at least 4 members (excludes halogenated alkanes) is 1. The molecule has 2 aromatic carbocycles. The summed E-state index contributed by atoms with van der Waals surface area (Å²) in [5.41, 5.74) is 0.256. The Bertz CT molecular complexity index is 1330. The number of aryl methyl sites for hydroxylation is 1.